The van der Waals surface area contributed by atoms with Gasteiger partial charge in [0.15, 0.2) is 11.5 Å². The van der Waals surface area contributed by atoms with Crippen LogP contribution in [-0.4, -0.2) is 35.1 Å². The summed E-state index contributed by atoms with van der Waals surface area (Å²) in [5, 5.41) is 7.11. The Kier molecular flexibility index (Phi) is 6.13. The number of halogens is 3. The van der Waals surface area contributed by atoms with Gasteiger partial charge in [-0.25, -0.2) is 22.2 Å². The summed E-state index contributed by atoms with van der Waals surface area (Å²) < 4.78 is 55.7. The fourth-order valence-electron chi connectivity index (χ4n) is 3.37. The maximum absolute atomic E-state index is 15.1. The number of aromatic nitrogens is 3. The van der Waals surface area contributed by atoms with Crippen LogP contribution in [0.25, 0.3) is 22.2 Å². The third-order valence-corrected chi connectivity index (χ3v) is 6.68. The summed E-state index contributed by atoms with van der Waals surface area (Å²) in [6.07, 6.45) is 1.81. The molecule has 4 rings (SSSR count). The Balaban J connectivity index is 1.80. The molecule has 0 bridgehead atoms. The summed E-state index contributed by atoms with van der Waals surface area (Å²) in [4.78, 5) is 17.3. The van der Waals surface area contributed by atoms with Crippen LogP contribution in [0.4, 0.5) is 14.5 Å². The third kappa shape index (κ3) is 4.44. The number of aromatic amines is 1. The molecule has 2 N–H and O–H groups in total. The predicted molar refractivity (Wildman–Crippen MR) is 122 cm³/mol. The first kappa shape index (κ1) is 22.8. The van der Waals surface area contributed by atoms with Crippen molar-refractivity contribution in [2.24, 2.45) is 0 Å². The van der Waals surface area contributed by atoms with Gasteiger partial charge >= 0.3 is 0 Å². The number of sulfonamides is 1. The van der Waals surface area contributed by atoms with E-state index < -0.39 is 38.7 Å². The lowest BCUT2D eigenvalue weighted by Gasteiger charge is -2.11. The second-order valence-electron chi connectivity index (χ2n) is 7.21. The van der Waals surface area contributed by atoms with E-state index in [4.69, 9.17) is 11.6 Å². The Morgan fingerprint density at radius 3 is 2.67 bits per heavy atom. The van der Waals surface area contributed by atoms with Gasteiger partial charge in [0.05, 0.1) is 22.4 Å². The minimum atomic E-state index is -3.86. The van der Waals surface area contributed by atoms with Crippen LogP contribution >= 0.6 is 11.6 Å². The molecule has 0 atom stereocenters. The number of nitrogens with zero attached hydrogens (tertiary/aromatic N) is 2. The van der Waals surface area contributed by atoms with E-state index in [-0.39, 0.29) is 22.5 Å². The normalized spacial score (nSPS) is 11.6. The number of H-pyrrole nitrogens is 1. The number of pyridine rings is 1. The molecule has 0 radical (unpaired) electrons. The molecule has 0 aliphatic rings. The van der Waals surface area contributed by atoms with Crippen LogP contribution in [0.5, 0.6) is 0 Å². The highest BCUT2D eigenvalue weighted by atomic mass is 35.5. The van der Waals surface area contributed by atoms with Crippen LogP contribution < -0.4 is 4.72 Å². The standard InChI is InChI=1S/C22H17ClF2N4O3S/c1-2-9-33(31,32)29-17-8-7-16(24)18(19(17)25)21(30)20-14-10-12(11-26-22(14)28-27-20)13-5-3-4-6-15(13)23/h3-8,10-11,29H,2,9H2,1H3,(H,26,27,28). The van der Waals surface area contributed by atoms with E-state index in [0.29, 0.717) is 22.6 Å². The lowest BCUT2D eigenvalue weighted by molar-refractivity contribution is 0.102. The average Bonchev–Trinajstić information content (AvgIpc) is 3.19. The summed E-state index contributed by atoms with van der Waals surface area (Å²) in [7, 11) is -3.86. The number of rotatable bonds is 7. The topological polar surface area (TPSA) is 105 Å². The quantitative estimate of drug-likeness (QED) is 0.357. The summed E-state index contributed by atoms with van der Waals surface area (Å²) in [5.41, 5.74) is -0.247. The Bertz CT molecular complexity index is 1490. The zero-order valence-corrected chi connectivity index (χ0v) is 18.8. The summed E-state index contributed by atoms with van der Waals surface area (Å²) in [6, 6.07) is 10.3. The van der Waals surface area contributed by atoms with Crippen molar-refractivity contribution in [3.05, 3.63) is 76.6 Å². The van der Waals surface area contributed by atoms with Gasteiger partial charge in [0, 0.05) is 22.3 Å². The van der Waals surface area contributed by atoms with Crippen LogP contribution in [0.3, 0.4) is 0 Å². The molecule has 0 aliphatic heterocycles. The van der Waals surface area contributed by atoms with Gasteiger partial charge in [-0.15, -0.1) is 0 Å². The Hall–Kier alpha value is -3.37. The van der Waals surface area contributed by atoms with Crippen molar-refractivity contribution < 1.29 is 22.0 Å². The van der Waals surface area contributed by atoms with Gasteiger partial charge in [-0.05, 0) is 30.7 Å². The van der Waals surface area contributed by atoms with Crippen molar-refractivity contribution in [1.29, 1.82) is 0 Å². The van der Waals surface area contributed by atoms with Gasteiger partial charge < -0.3 is 0 Å². The van der Waals surface area contributed by atoms with Crippen molar-refractivity contribution in [2.75, 3.05) is 10.5 Å². The smallest absolute Gasteiger partial charge is 0.232 e. The Morgan fingerprint density at radius 1 is 1.18 bits per heavy atom. The Labute approximate surface area is 192 Å². The monoisotopic (exact) mass is 490 g/mol. The van der Waals surface area contributed by atoms with Crippen LogP contribution in [0, 0.1) is 11.6 Å². The summed E-state index contributed by atoms with van der Waals surface area (Å²) in [5.74, 6) is -3.76. The van der Waals surface area contributed by atoms with Crippen molar-refractivity contribution in [3.8, 4) is 11.1 Å². The third-order valence-electron chi connectivity index (χ3n) is 4.88. The molecule has 2 aromatic carbocycles. The highest BCUT2D eigenvalue weighted by molar-refractivity contribution is 7.92. The van der Waals surface area contributed by atoms with Crippen LogP contribution in [0.2, 0.25) is 5.02 Å². The first-order chi connectivity index (χ1) is 15.7. The maximum Gasteiger partial charge on any atom is 0.232 e. The zero-order valence-electron chi connectivity index (χ0n) is 17.2. The van der Waals surface area contributed by atoms with Crippen LogP contribution in [0.15, 0.2) is 48.7 Å². The molecule has 0 saturated heterocycles. The predicted octanol–water partition coefficient (Wildman–Crippen LogP) is 4.94. The first-order valence-electron chi connectivity index (χ1n) is 9.84. The van der Waals surface area contributed by atoms with E-state index in [2.05, 4.69) is 19.9 Å². The lowest BCUT2D eigenvalue weighted by Crippen LogP contribution is -2.18. The van der Waals surface area contributed by atoms with E-state index in [1.807, 2.05) is 0 Å². The van der Waals surface area contributed by atoms with Gasteiger partial charge in [-0.2, -0.15) is 5.10 Å². The highest BCUT2D eigenvalue weighted by Crippen LogP contribution is 2.31. The van der Waals surface area contributed by atoms with Crippen LogP contribution in [-0.2, 0) is 10.0 Å². The number of carbonyl (C=O) groups excluding carboxylic acids is 1. The van der Waals surface area contributed by atoms with Gasteiger partial charge in [-0.3, -0.25) is 14.6 Å². The molecule has 2 aromatic heterocycles. The molecular formula is C22H17ClF2N4O3S. The van der Waals surface area contributed by atoms with Crippen LogP contribution in [0.1, 0.15) is 29.4 Å². The molecule has 0 amide bonds. The highest BCUT2D eigenvalue weighted by Gasteiger charge is 2.26. The molecule has 0 fully saturated rings. The molecular weight excluding hydrogens is 474 g/mol. The van der Waals surface area contributed by atoms with Crippen molar-refractivity contribution in [3.63, 3.8) is 0 Å². The second-order valence-corrected chi connectivity index (χ2v) is 9.46. The molecule has 0 unspecified atom stereocenters. The number of ketones is 1. The number of fused-ring (bicyclic) bond motifs is 1. The molecule has 0 spiro atoms. The molecule has 2 heterocycles. The number of hydrogen-bond acceptors (Lipinski definition) is 5. The number of benzene rings is 2. The van der Waals surface area contributed by atoms with Gasteiger partial charge in [0.1, 0.15) is 11.5 Å². The fraction of sp³-hybridized carbons (Fsp3) is 0.136. The fourth-order valence-corrected chi connectivity index (χ4v) is 4.74. The zero-order chi connectivity index (χ0) is 23.8. The maximum atomic E-state index is 15.1. The molecule has 170 valence electrons. The summed E-state index contributed by atoms with van der Waals surface area (Å²) in [6.45, 7) is 1.64. The van der Waals surface area contributed by atoms with Gasteiger partial charge in [0.25, 0.3) is 0 Å². The number of anilines is 1. The second kappa shape index (κ2) is 8.87. The van der Waals surface area contributed by atoms with Crippen molar-refractivity contribution >= 4 is 44.1 Å². The molecule has 11 heteroatoms. The molecule has 4 aromatic rings. The Morgan fingerprint density at radius 2 is 1.94 bits per heavy atom. The SMILES string of the molecule is CCCS(=O)(=O)Nc1ccc(F)c(C(=O)c2[nH]nc3ncc(-c4ccccc4Cl)cc23)c1F. The number of hydrogen-bond donors (Lipinski definition) is 2. The minimum Gasteiger partial charge on any atom is -0.287 e. The van der Waals surface area contributed by atoms with E-state index >= 15 is 4.39 Å². The van der Waals surface area contributed by atoms with Gasteiger partial charge in [-0.1, -0.05) is 36.7 Å². The van der Waals surface area contributed by atoms with Crippen molar-refractivity contribution in [1.82, 2.24) is 15.2 Å². The molecule has 0 saturated carbocycles. The van der Waals surface area contributed by atoms with Gasteiger partial charge in [0.2, 0.25) is 15.8 Å². The first-order valence-corrected chi connectivity index (χ1v) is 11.9. The number of nitrogens with one attached hydrogen (secondary N) is 2. The van der Waals surface area contributed by atoms with E-state index in [1.165, 1.54) is 6.20 Å². The minimum absolute atomic E-state index is 0.162. The molecule has 7 nitrogen and oxygen atoms in total. The summed E-state index contributed by atoms with van der Waals surface area (Å²) >= 11 is 6.24. The van der Waals surface area contributed by atoms with E-state index in [0.717, 1.165) is 12.1 Å². The molecule has 33 heavy (non-hydrogen) atoms. The lowest BCUT2D eigenvalue weighted by atomic mass is 10.0. The largest absolute Gasteiger partial charge is 0.287 e. The average molecular weight is 491 g/mol. The molecule has 0 aliphatic carbocycles. The van der Waals surface area contributed by atoms with E-state index in [9.17, 15) is 17.6 Å². The number of carbonyl (C=O) groups is 1. The van der Waals surface area contributed by atoms with E-state index in [1.54, 1.807) is 37.3 Å². The van der Waals surface area contributed by atoms with Crippen molar-refractivity contribution in [2.45, 2.75) is 13.3 Å².